The van der Waals surface area contributed by atoms with E-state index in [9.17, 15) is 28.0 Å². The first-order chi connectivity index (χ1) is 18.0. The van der Waals surface area contributed by atoms with Gasteiger partial charge in [0.15, 0.2) is 5.78 Å². The van der Waals surface area contributed by atoms with Gasteiger partial charge >= 0.3 is 5.97 Å². The second kappa shape index (κ2) is 11.0. The summed E-state index contributed by atoms with van der Waals surface area (Å²) in [5, 5.41) is 11.8. The Kier molecular flexibility index (Phi) is 7.78. The number of alkyl halides is 1. The van der Waals surface area contributed by atoms with Crippen molar-refractivity contribution in [1.82, 2.24) is 14.8 Å². The number of halogens is 3. The third kappa shape index (κ3) is 5.68. The molecule has 1 aromatic heterocycles. The molecule has 0 aliphatic carbocycles. The van der Waals surface area contributed by atoms with E-state index in [-0.39, 0.29) is 42.4 Å². The molecule has 4 rings (SSSR count). The molecule has 0 radical (unpaired) electrons. The lowest BCUT2D eigenvalue weighted by Gasteiger charge is -2.24. The molecule has 38 heavy (non-hydrogen) atoms. The van der Waals surface area contributed by atoms with Crippen molar-refractivity contribution >= 4 is 46.1 Å². The van der Waals surface area contributed by atoms with Crippen molar-refractivity contribution < 1.29 is 33.1 Å². The largest absolute Gasteiger partial charge is 0.472 e. The van der Waals surface area contributed by atoms with E-state index >= 15 is 0 Å². The number of hydrogen-bond donors (Lipinski definition) is 2. The molecule has 1 saturated heterocycles. The second-order valence-corrected chi connectivity index (χ2v) is 9.25. The van der Waals surface area contributed by atoms with Crippen molar-refractivity contribution in [2.45, 2.75) is 38.6 Å². The number of rotatable bonds is 6. The van der Waals surface area contributed by atoms with Crippen LogP contribution in [0.2, 0.25) is 5.02 Å². The number of carboxylic acid groups (broad SMARTS) is 1. The fraction of sp³-hybridized carbons (Fsp3) is 0.259. The summed E-state index contributed by atoms with van der Waals surface area (Å²) in [6.45, 7) is 0.580. The van der Waals surface area contributed by atoms with E-state index < -0.39 is 35.8 Å². The van der Waals surface area contributed by atoms with Crippen LogP contribution in [0.5, 0.6) is 0 Å². The molecule has 1 fully saturated rings. The third-order valence-corrected chi connectivity index (χ3v) is 6.53. The lowest BCUT2D eigenvalue weighted by atomic mass is 10.1. The highest BCUT2D eigenvalue weighted by Crippen LogP contribution is 2.26. The van der Waals surface area contributed by atoms with Crippen LogP contribution < -0.4 is 5.32 Å². The summed E-state index contributed by atoms with van der Waals surface area (Å²) >= 11 is 5.77. The molecule has 2 amide bonds. The fourth-order valence-electron chi connectivity index (χ4n) is 4.44. The summed E-state index contributed by atoms with van der Waals surface area (Å²) in [6, 6.07) is 7.98. The maximum absolute atomic E-state index is 14.4. The van der Waals surface area contributed by atoms with E-state index in [1.165, 1.54) is 35.9 Å². The number of fused-ring (bicyclic) bond motifs is 1. The quantitative estimate of drug-likeness (QED) is 0.368. The highest BCUT2D eigenvalue weighted by Gasteiger charge is 2.39. The van der Waals surface area contributed by atoms with Crippen LogP contribution in [0.1, 0.15) is 34.8 Å². The molecule has 1 aliphatic heterocycles. The van der Waals surface area contributed by atoms with E-state index in [1.807, 2.05) is 5.92 Å². The smallest absolute Gasteiger partial charge is 0.382 e. The number of carbonyl (C=O) groups is 4. The molecule has 0 spiro atoms. The van der Waals surface area contributed by atoms with Gasteiger partial charge in [-0.15, -0.1) is 0 Å². The Morgan fingerprint density at radius 1 is 1.21 bits per heavy atom. The van der Waals surface area contributed by atoms with Crippen molar-refractivity contribution in [1.29, 1.82) is 0 Å². The Morgan fingerprint density at radius 3 is 2.68 bits per heavy atom. The number of aliphatic carboxylic acids is 1. The molecule has 11 heteroatoms. The van der Waals surface area contributed by atoms with Gasteiger partial charge in [0.05, 0.1) is 17.1 Å². The number of ketones is 1. The number of nitrogens with zero attached hydrogens (tertiary/aromatic N) is 2. The lowest BCUT2D eigenvalue weighted by molar-refractivity contribution is -0.139. The number of Topliss-reactive ketones (excluding diaryl/α,β-unsaturated/α-hetero) is 1. The Morgan fingerprint density at radius 2 is 1.97 bits per heavy atom. The zero-order valence-electron chi connectivity index (χ0n) is 20.1. The predicted octanol–water partition coefficient (Wildman–Crippen LogP) is 3.33. The van der Waals surface area contributed by atoms with Gasteiger partial charge in [0.2, 0.25) is 11.8 Å². The number of carbonyl (C=O) groups excluding carboxylic acids is 3. The summed E-state index contributed by atoms with van der Waals surface area (Å²) in [6.07, 6.45) is -0.153. The molecule has 3 aromatic rings. The van der Waals surface area contributed by atoms with Crippen LogP contribution in [0.3, 0.4) is 0 Å². The SMILES string of the molecule is CC(=O)c1cn(CC(=O)N2CC(F)CC2C(=O)NCc2cccc(Cl)c2F)c2cc(C#CC(=O)O)ccc12. The minimum absolute atomic E-state index is 0.0979. The van der Waals surface area contributed by atoms with Crippen molar-refractivity contribution in [3.63, 3.8) is 0 Å². The molecule has 0 bridgehead atoms. The van der Waals surface area contributed by atoms with Crippen molar-refractivity contribution in [2.75, 3.05) is 6.54 Å². The molecule has 1 aliphatic rings. The van der Waals surface area contributed by atoms with Crippen LogP contribution in [-0.4, -0.2) is 56.9 Å². The van der Waals surface area contributed by atoms with Crippen LogP contribution in [0.15, 0.2) is 42.6 Å². The van der Waals surface area contributed by atoms with Gasteiger partial charge in [-0.25, -0.2) is 13.6 Å². The first-order valence-corrected chi connectivity index (χ1v) is 12.0. The standard InChI is InChI=1S/C27H22ClF2N3O5/c1-15(34)20-13-32(22-9-16(5-7-19(20)22)6-8-25(36)37)14-24(35)33-12-18(29)10-23(33)27(38)31-11-17-3-2-4-21(28)26(17)30/h2-5,7,9,13,18,23H,10-12,14H2,1H3,(H,31,38)(H,36,37). The van der Waals surface area contributed by atoms with Crippen molar-refractivity contribution in [3.05, 3.63) is 70.1 Å². The van der Waals surface area contributed by atoms with Crippen LogP contribution in [-0.2, 0) is 27.5 Å². The molecule has 8 nitrogen and oxygen atoms in total. The Bertz CT molecular complexity index is 1520. The molecule has 2 aromatic carbocycles. The second-order valence-electron chi connectivity index (χ2n) is 8.84. The zero-order valence-corrected chi connectivity index (χ0v) is 20.9. The number of carboxylic acids is 1. The summed E-state index contributed by atoms with van der Waals surface area (Å²) in [5.41, 5.74) is 1.30. The normalized spacial score (nSPS) is 16.7. The molecular formula is C27H22ClF2N3O5. The van der Waals surface area contributed by atoms with E-state index in [0.717, 1.165) is 4.90 Å². The first kappa shape index (κ1) is 26.8. The summed E-state index contributed by atoms with van der Waals surface area (Å²) in [7, 11) is 0. The third-order valence-electron chi connectivity index (χ3n) is 6.24. The van der Waals surface area contributed by atoms with Crippen LogP contribution in [0, 0.1) is 17.7 Å². The minimum Gasteiger partial charge on any atom is -0.472 e. The highest BCUT2D eigenvalue weighted by molar-refractivity contribution is 6.30. The first-order valence-electron chi connectivity index (χ1n) is 11.6. The zero-order chi connectivity index (χ0) is 27.6. The van der Waals surface area contributed by atoms with Gasteiger partial charge in [0.1, 0.15) is 24.6 Å². The maximum Gasteiger partial charge on any atom is 0.382 e. The van der Waals surface area contributed by atoms with Crippen LogP contribution in [0.4, 0.5) is 8.78 Å². The number of amides is 2. The van der Waals surface area contributed by atoms with E-state index in [1.54, 1.807) is 18.2 Å². The molecule has 2 atom stereocenters. The van der Waals surface area contributed by atoms with E-state index in [4.69, 9.17) is 16.7 Å². The minimum atomic E-state index is -1.43. The van der Waals surface area contributed by atoms with Gasteiger partial charge in [0, 0.05) is 47.2 Å². The predicted molar refractivity (Wildman–Crippen MR) is 135 cm³/mol. The molecule has 2 heterocycles. The topological polar surface area (TPSA) is 109 Å². The van der Waals surface area contributed by atoms with E-state index in [0.29, 0.717) is 22.0 Å². The van der Waals surface area contributed by atoms with Crippen LogP contribution >= 0.6 is 11.6 Å². The van der Waals surface area contributed by atoms with Crippen molar-refractivity contribution in [2.24, 2.45) is 0 Å². The molecule has 2 unspecified atom stereocenters. The maximum atomic E-state index is 14.4. The highest BCUT2D eigenvalue weighted by atomic mass is 35.5. The Balaban J connectivity index is 1.56. The Hall–Kier alpha value is -4.23. The summed E-state index contributed by atoms with van der Waals surface area (Å²) in [5.74, 6) is 1.08. The number of likely N-dealkylation sites (tertiary alicyclic amines) is 1. The van der Waals surface area contributed by atoms with Gasteiger partial charge in [-0.05, 0) is 25.1 Å². The average Bonchev–Trinajstić information content (AvgIpc) is 3.44. The molecular weight excluding hydrogens is 520 g/mol. The summed E-state index contributed by atoms with van der Waals surface area (Å²) in [4.78, 5) is 50.2. The monoisotopic (exact) mass is 541 g/mol. The van der Waals surface area contributed by atoms with Gasteiger partial charge in [-0.2, -0.15) is 0 Å². The lowest BCUT2D eigenvalue weighted by Crippen LogP contribution is -2.46. The number of aromatic nitrogens is 1. The molecule has 0 saturated carbocycles. The van der Waals surface area contributed by atoms with Crippen LogP contribution in [0.25, 0.3) is 10.9 Å². The Labute approximate surface area is 221 Å². The van der Waals surface area contributed by atoms with Gasteiger partial charge in [-0.1, -0.05) is 35.7 Å². The van der Waals surface area contributed by atoms with Crippen molar-refractivity contribution in [3.8, 4) is 11.8 Å². The molecule has 196 valence electrons. The summed E-state index contributed by atoms with van der Waals surface area (Å²) < 4.78 is 30.0. The fourth-order valence-corrected chi connectivity index (χ4v) is 4.63. The van der Waals surface area contributed by atoms with Gasteiger partial charge < -0.3 is 19.9 Å². The van der Waals surface area contributed by atoms with Gasteiger partial charge in [0.25, 0.3) is 0 Å². The molecule has 2 N–H and O–H groups in total. The van der Waals surface area contributed by atoms with Gasteiger partial charge in [-0.3, -0.25) is 14.4 Å². The number of nitrogens with one attached hydrogen (secondary N) is 1. The average molecular weight is 542 g/mol. The number of benzene rings is 2. The number of hydrogen-bond acceptors (Lipinski definition) is 4. The van der Waals surface area contributed by atoms with E-state index in [2.05, 4.69) is 11.2 Å².